The number of nitrogens with zero attached hydrogens (tertiary/aromatic N) is 3. The summed E-state index contributed by atoms with van der Waals surface area (Å²) in [6.07, 6.45) is -2.34. The largest absolute Gasteiger partial charge is 0.481 e. The molecular formula is C61H82F2N10O20. The lowest BCUT2D eigenvalue weighted by atomic mass is 9.82. The first-order valence-electron chi connectivity index (χ1n) is 29.8. The van der Waals surface area contributed by atoms with Gasteiger partial charge in [0.2, 0.25) is 47.3 Å². The van der Waals surface area contributed by atoms with E-state index in [1.807, 2.05) is 12.1 Å². The van der Waals surface area contributed by atoms with Crippen LogP contribution in [0, 0.1) is 17.0 Å². The summed E-state index contributed by atoms with van der Waals surface area (Å²) >= 11 is 0. The number of aliphatic hydroxyl groups excluding tert-OH is 1. The normalized spacial score (nSPS) is 14.1. The van der Waals surface area contributed by atoms with Gasteiger partial charge < -0.3 is 81.1 Å². The predicted molar refractivity (Wildman–Crippen MR) is 322 cm³/mol. The Morgan fingerprint density at radius 3 is 1.88 bits per heavy atom. The number of ether oxygens (including phenoxy) is 3. The molecule has 30 nitrogen and oxygen atoms in total. The van der Waals surface area contributed by atoms with Crippen LogP contribution in [0.15, 0.2) is 60.8 Å². The number of carboxylic acids is 2. The number of rotatable bonds is 40. The van der Waals surface area contributed by atoms with E-state index in [0.717, 1.165) is 23.8 Å². The Labute approximate surface area is 534 Å². The first-order valence-corrected chi connectivity index (χ1v) is 29.8. The van der Waals surface area contributed by atoms with Crippen molar-refractivity contribution in [3.8, 4) is 11.1 Å². The van der Waals surface area contributed by atoms with Crippen LogP contribution in [-0.2, 0) is 87.9 Å². The molecule has 10 amide bonds. The number of halogens is 2. The molecule has 0 saturated carbocycles. The molecule has 0 radical (unpaired) electrons. The van der Waals surface area contributed by atoms with Gasteiger partial charge in [-0.2, -0.15) is 0 Å². The molecule has 4 rings (SSSR count). The third kappa shape index (κ3) is 25.7. The highest BCUT2D eigenvalue weighted by molar-refractivity contribution is 6.02. The maximum absolute atomic E-state index is 15.5. The Morgan fingerprint density at radius 1 is 0.667 bits per heavy atom. The minimum atomic E-state index is -1.96. The SMILES string of the molecule is COCCOCCOCC(=O)N[C@@H](C)C(=O)N[C@H](C)C(=O)N[C@@H](CC(=O)O)C(=O)N[C@@H](CCN(C(=O)CO)[C@@H](c1cc(-c2cc(F)ccc2F)cn1Cc1ccccc1)C(C)(C)C)C(=O)NCCNC(=O)[C@@H](CCC(=O)O)NC(=O)CCCC(=O)ON1C(=O)CCC1=O. The number of carboxylic acid groups (broad SMARTS) is 2. The molecular weight excluding hydrogens is 1230 g/mol. The van der Waals surface area contributed by atoms with Crippen LogP contribution in [0.3, 0.4) is 0 Å². The zero-order valence-corrected chi connectivity index (χ0v) is 52.6. The van der Waals surface area contributed by atoms with Crippen molar-refractivity contribution < 1.29 is 105 Å². The Hall–Kier alpha value is -9.27. The lowest BCUT2D eigenvalue weighted by Crippen LogP contribution is -2.58. The summed E-state index contributed by atoms with van der Waals surface area (Å²) < 4.78 is 47.3. The molecule has 0 unspecified atom stereocenters. The Morgan fingerprint density at radius 2 is 1.27 bits per heavy atom. The second-order valence-electron chi connectivity index (χ2n) is 22.6. The van der Waals surface area contributed by atoms with Gasteiger partial charge >= 0.3 is 17.9 Å². The molecule has 1 aromatic heterocycles. The van der Waals surface area contributed by atoms with Gasteiger partial charge in [0.05, 0.1) is 38.9 Å². The van der Waals surface area contributed by atoms with E-state index in [1.165, 1.54) is 25.9 Å². The maximum atomic E-state index is 15.5. The van der Waals surface area contributed by atoms with E-state index in [0.29, 0.717) is 24.0 Å². The summed E-state index contributed by atoms with van der Waals surface area (Å²) in [5.41, 5.74) is 0.222. The summed E-state index contributed by atoms with van der Waals surface area (Å²) in [6.45, 7) is 5.87. The van der Waals surface area contributed by atoms with Gasteiger partial charge in [0.1, 0.15) is 55.1 Å². The van der Waals surface area contributed by atoms with Crippen molar-refractivity contribution in [2.24, 2.45) is 5.41 Å². The Bertz CT molecular complexity index is 3110. The number of hydrogen-bond acceptors (Lipinski definition) is 18. The number of aromatic nitrogens is 1. The first kappa shape index (κ1) is 76.2. The molecule has 1 fully saturated rings. The van der Waals surface area contributed by atoms with E-state index in [1.54, 1.807) is 55.8 Å². The van der Waals surface area contributed by atoms with Gasteiger partial charge in [0, 0.05) is 88.4 Å². The van der Waals surface area contributed by atoms with Crippen LogP contribution in [0.5, 0.6) is 0 Å². The zero-order valence-electron chi connectivity index (χ0n) is 52.6. The van der Waals surface area contributed by atoms with Gasteiger partial charge in [0.25, 0.3) is 11.8 Å². The number of carbonyl (C=O) groups is 13. The van der Waals surface area contributed by atoms with Crippen molar-refractivity contribution >= 4 is 77.0 Å². The van der Waals surface area contributed by atoms with Gasteiger partial charge in [-0.3, -0.25) is 57.5 Å². The lowest BCUT2D eigenvalue weighted by molar-refractivity contribution is -0.197. The fourth-order valence-electron chi connectivity index (χ4n) is 9.49. The van der Waals surface area contributed by atoms with Crippen LogP contribution in [0.1, 0.15) is 110 Å². The van der Waals surface area contributed by atoms with Gasteiger partial charge in [0.15, 0.2) is 0 Å². The third-order valence-electron chi connectivity index (χ3n) is 14.1. The van der Waals surface area contributed by atoms with Crippen molar-refractivity contribution in [1.82, 2.24) is 51.7 Å². The van der Waals surface area contributed by atoms with E-state index in [2.05, 4.69) is 37.2 Å². The number of aliphatic carboxylic acids is 2. The number of amides is 10. The number of imide groups is 1. The van der Waals surface area contributed by atoms with Crippen molar-refractivity contribution in [3.63, 3.8) is 0 Å². The quantitative estimate of drug-likeness (QED) is 0.0270. The monoisotopic (exact) mass is 1310 g/mol. The molecule has 0 bridgehead atoms. The summed E-state index contributed by atoms with van der Waals surface area (Å²) in [4.78, 5) is 174. The number of hydrogen-bond donors (Lipinski definition) is 10. The second kappa shape index (κ2) is 37.9. The number of aliphatic hydroxyl groups is 1. The smallest absolute Gasteiger partial charge is 0.333 e. The van der Waals surface area contributed by atoms with Gasteiger partial charge in [-0.05, 0) is 68.4 Å². The molecule has 1 aliphatic heterocycles. The fraction of sp³-hybridized carbons (Fsp3) is 0.525. The van der Waals surface area contributed by atoms with E-state index >= 15 is 4.39 Å². The number of benzene rings is 2. The Kier molecular flexibility index (Phi) is 31.1. The first-order chi connectivity index (χ1) is 44.0. The van der Waals surface area contributed by atoms with Crippen molar-refractivity contribution in [2.45, 2.75) is 135 Å². The van der Waals surface area contributed by atoms with Crippen LogP contribution < -0.4 is 37.2 Å². The molecule has 2 aromatic carbocycles. The predicted octanol–water partition coefficient (Wildman–Crippen LogP) is 0.273. The van der Waals surface area contributed by atoms with Gasteiger partial charge in [-0.15, -0.1) is 5.06 Å². The van der Waals surface area contributed by atoms with Crippen LogP contribution in [-0.4, -0.2) is 203 Å². The third-order valence-corrected chi connectivity index (χ3v) is 14.1. The highest BCUT2D eigenvalue weighted by atomic mass is 19.1. The molecule has 0 aliphatic carbocycles. The molecule has 6 atom stereocenters. The summed E-state index contributed by atoms with van der Waals surface area (Å²) in [6, 6.07) is 4.46. The lowest BCUT2D eigenvalue weighted by Gasteiger charge is -2.41. The van der Waals surface area contributed by atoms with E-state index in [-0.39, 0.29) is 56.6 Å². The number of nitrogens with one attached hydrogen (secondary N) is 7. The topological polar surface area (TPSA) is 415 Å². The van der Waals surface area contributed by atoms with Crippen LogP contribution in [0.4, 0.5) is 8.78 Å². The fourth-order valence-corrected chi connectivity index (χ4v) is 9.49. The number of hydroxylamine groups is 2. The molecule has 3 aromatic rings. The molecule has 1 saturated heterocycles. The molecule has 10 N–H and O–H groups in total. The summed E-state index contributed by atoms with van der Waals surface area (Å²) in [5, 5.41) is 47.0. The average Bonchev–Trinajstić information content (AvgIpc) is 1.68. The Balaban J connectivity index is 1.60. The van der Waals surface area contributed by atoms with Crippen molar-refractivity contribution in [3.05, 3.63) is 83.7 Å². The molecule has 32 heteroatoms. The number of methoxy groups -OCH3 is 1. The molecule has 93 heavy (non-hydrogen) atoms. The van der Waals surface area contributed by atoms with E-state index in [9.17, 15) is 82.0 Å². The van der Waals surface area contributed by atoms with Crippen molar-refractivity contribution in [2.75, 3.05) is 66.4 Å². The highest BCUT2D eigenvalue weighted by Crippen LogP contribution is 2.41. The highest BCUT2D eigenvalue weighted by Gasteiger charge is 2.39. The van der Waals surface area contributed by atoms with Gasteiger partial charge in [-0.25, -0.2) is 13.6 Å². The minimum absolute atomic E-state index is 0.0513. The minimum Gasteiger partial charge on any atom is -0.481 e. The molecule has 2 heterocycles. The van der Waals surface area contributed by atoms with Crippen LogP contribution in [0.25, 0.3) is 11.1 Å². The number of carbonyl (C=O) groups excluding carboxylic acids is 11. The average molecular weight is 1310 g/mol. The van der Waals surface area contributed by atoms with E-state index in [4.69, 9.17) is 19.0 Å². The van der Waals surface area contributed by atoms with Crippen molar-refractivity contribution in [1.29, 1.82) is 0 Å². The van der Waals surface area contributed by atoms with Crippen LogP contribution in [0.2, 0.25) is 0 Å². The zero-order chi connectivity index (χ0) is 69.0. The van der Waals surface area contributed by atoms with Crippen LogP contribution >= 0.6 is 0 Å². The molecule has 0 spiro atoms. The molecule has 510 valence electrons. The summed E-state index contributed by atoms with van der Waals surface area (Å²) in [5.74, 6) is -14.4. The van der Waals surface area contributed by atoms with E-state index < -0.39 is 195 Å². The van der Waals surface area contributed by atoms with Gasteiger partial charge in [-0.1, -0.05) is 51.1 Å². The standard InChI is InChI=1S/C61H82F2N10O20/c1-36(66-48(76)35-92-28-27-91-26-25-90-6)56(85)67-37(2)57(86)70-45(31-53(82)83)60(89)69-44(59(88)65-23-22-64-58(87)43(17-20-52(80)81)68-47(75)13-10-14-54(84)93-73-49(77)18-19-50(73)78)21-24-72(51(79)34-74)55(61(3,4)5)46-29-39(41-30-40(62)15-16-42(41)63)33-71(46)32-38-11-8-7-9-12-38/h7-9,11-12,15-16,29-30,33,36-37,43-45,55,74H,10,13-14,17-28,31-32,34-35H2,1-6H3,(H,64,87)(H,65,88)(H,66,76)(H,67,85)(H,68,75)(H,69,89)(H,70,86)(H,80,81)(H,82,83)/t36-,37+,43+,44-,45-,55-/m0/s1. The second-order valence-corrected chi connectivity index (χ2v) is 22.6. The summed E-state index contributed by atoms with van der Waals surface area (Å²) in [7, 11) is 1.50. The maximum Gasteiger partial charge on any atom is 0.333 e. The molecule has 1 aliphatic rings.